The molecule has 5 heteroatoms. The van der Waals surface area contributed by atoms with Gasteiger partial charge >= 0.3 is 5.97 Å². The number of amides is 1. The zero-order chi connectivity index (χ0) is 20.7. The van der Waals surface area contributed by atoms with Crippen LogP contribution in [0.25, 0.3) is 0 Å². The van der Waals surface area contributed by atoms with Gasteiger partial charge in [-0.2, -0.15) is 0 Å². The highest BCUT2D eigenvalue weighted by molar-refractivity contribution is 5.90. The SMILES string of the molecule is CC(=O)[C@H](Cc1ccccc1)NC(=O)COC(=O)C1(c2ccccc2)CCCC1. The van der Waals surface area contributed by atoms with Crippen molar-refractivity contribution >= 4 is 17.7 Å². The van der Waals surface area contributed by atoms with Gasteiger partial charge < -0.3 is 10.1 Å². The largest absolute Gasteiger partial charge is 0.455 e. The number of rotatable bonds is 8. The van der Waals surface area contributed by atoms with Crippen LogP contribution in [-0.4, -0.2) is 30.3 Å². The number of nitrogens with one attached hydrogen (secondary N) is 1. The van der Waals surface area contributed by atoms with E-state index in [1.54, 1.807) is 0 Å². The zero-order valence-corrected chi connectivity index (χ0v) is 16.7. The van der Waals surface area contributed by atoms with Crippen molar-refractivity contribution in [2.75, 3.05) is 6.61 Å². The van der Waals surface area contributed by atoms with Gasteiger partial charge in [0, 0.05) is 0 Å². The molecule has 0 saturated heterocycles. The van der Waals surface area contributed by atoms with Gasteiger partial charge in [0.15, 0.2) is 12.4 Å². The van der Waals surface area contributed by atoms with Gasteiger partial charge in [-0.1, -0.05) is 73.5 Å². The summed E-state index contributed by atoms with van der Waals surface area (Å²) in [6, 6.07) is 18.5. The second kappa shape index (κ2) is 9.50. The number of Topliss-reactive ketones (excluding diaryl/α,β-unsaturated/α-hetero) is 1. The summed E-state index contributed by atoms with van der Waals surface area (Å²) in [5.41, 5.74) is 1.22. The Hall–Kier alpha value is -2.95. The molecule has 1 amide bonds. The summed E-state index contributed by atoms with van der Waals surface area (Å²) in [6.45, 7) is 1.06. The highest BCUT2D eigenvalue weighted by atomic mass is 16.5. The van der Waals surface area contributed by atoms with E-state index >= 15 is 0 Å². The van der Waals surface area contributed by atoms with Crippen molar-refractivity contribution in [2.45, 2.75) is 50.5 Å². The lowest BCUT2D eigenvalue weighted by molar-refractivity contribution is -0.154. The van der Waals surface area contributed by atoms with Crippen molar-refractivity contribution in [1.82, 2.24) is 5.32 Å². The highest BCUT2D eigenvalue weighted by Gasteiger charge is 2.44. The normalized spacial score (nSPS) is 16.0. The topological polar surface area (TPSA) is 72.5 Å². The lowest BCUT2D eigenvalue weighted by Crippen LogP contribution is -2.44. The van der Waals surface area contributed by atoms with Crippen LogP contribution in [0.5, 0.6) is 0 Å². The van der Waals surface area contributed by atoms with Gasteiger partial charge in [-0.15, -0.1) is 0 Å². The number of benzene rings is 2. The molecule has 5 nitrogen and oxygen atoms in total. The molecule has 1 atom stereocenters. The van der Waals surface area contributed by atoms with Crippen LogP contribution in [0, 0.1) is 0 Å². The maximum Gasteiger partial charge on any atom is 0.317 e. The van der Waals surface area contributed by atoms with E-state index in [9.17, 15) is 14.4 Å². The van der Waals surface area contributed by atoms with Crippen LogP contribution in [0.15, 0.2) is 60.7 Å². The fraction of sp³-hybridized carbons (Fsp3) is 0.375. The van der Waals surface area contributed by atoms with Crippen molar-refractivity contribution in [3.05, 3.63) is 71.8 Å². The molecule has 152 valence electrons. The Bertz CT molecular complexity index is 842. The van der Waals surface area contributed by atoms with E-state index in [-0.39, 0.29) is 18.4 Å². The van der Waals surface area contributed by atoms with Gasteiger partial charge in [0.25, 0.3) is 5.91 Å². The van der Waals surface area contributed by atoms with Crippen LogP contribution in [0.1, 0.15) is 43.7 Å². The highest BCUT2D eigenvalue weighted by Crippen LogP contribution is 2.42. The van der Waals surface area contributed by atoms with Crippen molar-refractivity contribution in [1.29, 1.82) is 0 Å². The first kappa shape index (κ1) is 20.8. The number of carbonyl (C=O) groups is 3. The number of esters is 1. The summed E-state index contributed by atoms with van der Waals surface area (Å²) in [6.07, 6.45) is 3.77. The Morgan fingerprint density at radius 1 is 0.966 bits per heavy atom. The quantitative estimate of drug-likeness (QED) is 0.698. The molecule has 1 aliphatic rings. The molecule has 0 bridgehead atoms. The van der Waals surface area contributed by atoms with E-state index in [4.69, 9.17) is 4.74 Å². The maximum atomic E-state index is 12.9. The lowest BCUT2D eigenvalue weighted by Gasteiger charge is -2.27. The van der Waals surface area contributed by atoms with Crippen molar-refractivity contribution in [2.24, 2.45) is 0 Å². The predicted octanol–water partition coefficient (Wildman–Crippen LogP) is 3.36. The molecule has 29 heavy (non-hydrogen) atoms. The van der Waals surface area contributed by atoms with E-state index in [0.29, 0.717) is 6.42 Å². The molecular weight excluding hydrogens is 366 g/mol. The second-order valence-corrected chi connectivity index (χ2v) is 7.65. The average molecular weight is 393 g/mol. The average Bonchev–Trinajstić information content (AvgIpc) is 3.24. The smallest absolute Gasteiger partial charge is 0.317 e. The van der Waals surface area contributed by atoms with Crippen LogP contribution < -0.4 is 5.32 Å². The molecule has 0 heterocycles. The summed E-state index contributed by atoms with van der Waals surface area (Å²) in [7, 11) is 0. The van der Waals surface area contributed by atoms with Crippen molar-refractivity contribution in [3.8, 4) is 0 Å². The van der Waals surface area contributed by atoms with Crippen LogP contribution in [0.3, 0.4) is 0 Å². The Balaban J connectivity index is 1.60. The number of hydrogen-bond donors (Lipinski definition) is 1. The van der Waals surface area contributed by atoms with Crippen LogP contribution in [0.2, 0.25) is 0 Å². The summed E-state index contributed by atoms with van der Waals surface area (Å²) in [5.74, 6) is -0.959. The first-order valence-corrected chi connectivity index (χ1v) is 10.1. The maximum absolute atomic E-state index is 12.9. The van der Waals surface area contributed by atoms with Gasteiger partial charge in [0.2, 0.25) is 0 Å². The molecule has 1 fully saturated rings. The Labute approximate surface area is 171 Å². The lowest BCUT2D eigenvalue weighted by atomic mass is 9.79. The standard InChI is InChI=1S/C24H27NO4/c1-18(26)21(16-19-10-4-2-5-11-19)25-22(27)17-29-23(28)24(14-8-9-15-24)20-12-6-3-7-13-20/h2-7,10-13,21H,8-9,14-17H2,1H3,(H,25,27)/t21-/m0/s1. The second-order valence-electron chi connectivity index (χ2n) is 7.65. The first-order chi connectivity index (χ1) is 14.0. The van der Waals surface area contributed by atoms with E-state index < -0.39 is 17.4 Å². The number of hydrogen-bond acceptors (Lipinski definition) is 4. The monoisotopic (exact) mass is 393 g/mol. The summed E-state index contributed by atoms with van der Waals surface area (Å²) in [4.78, 5) is 37.2. The first-order valence-electron chi connectivity index (χ1n) is 10.1. The molecule has 0 unspecified atom stereocenters. The van der Waals surface area contributed by atoms with Crippen molar-refractivity contribution in [3.63, 3.8) is 0 Å². The molecule has 2 aromatic carbocycles. The third-order valence-electron chi connectivity index (χ3n) is 5.62. The molecule has 1 N–H and O–H groups in total. The Morgan fingerprint density at radius 2 is 1.55 bits per heavy atom. The molecule has 0 radical (unpaired) electrons. The van der Waals surface area contributed by atoms with Gasteiger partial charge in [0.1, 0.15) is 0 Å². The van der Waals surface area contributed by atoms with Crippen LogP contribution >= 0.6 is 0 Å². The minimum atomic E-state index is -0.675. The minimum Gasteiger partial charge on any atom is -0.455 e. The summed E-state index contributed by atoms with van der Waals surface area (Å²) < 4.78 is 5.41. The third-order valence-corrected chi connectivity index (χ3v) is 5.62. The van der Waals surface area contributed by atoms with Crippen LogP contribution in [-0.2, 0) is 31.0 Å². The van der Waals surface area contributed by atoms with Gasteiger partial charge in [-0.25, -0.2) is 0 Å². The molecule has 3 rings (SSSR count). The predicted molar refractivity (Wildman–Crippen MR) is 110 cm³/mol. The number of ketones is 1. The van der Waals surface area contributed by atoms with Crippen molar-refractivity contribution < 1.29 is 19.1 Å². The molecule has 1 saturated carbocycles. The third kappa shape index (κ3) is 5.11. The number of carbonyl (C=O) groups excluding carboxylic acids is 3. The summed E-state index contributed by atoms with van der Waals surface area (Å²) >= 11 is 0. The molecule has 2 aromatic rings. The van der Waals surface area contributed by atoms with Gasteiger partial charge in [0.05, 0.1) is 11.5 Å². The Morgan fingerprint density at radius 3 is 2.14 bits per heavy atom. The molecule has 0 aliphatic heterocycles. The fourth-order valence-electron chi connectivity index (χ4n) is 4.00. The Kier molecular flexibility index (Phi) is 6.81. The zero-order valence-electron chi connectivity index (χ0n) is 16.7. The molecular formula is C24H27NO4. The van der Waals surface area contributed by atoms with E-state index in [1.807, 2.05) is 60.7 Å². The van der Waals surface area contributed by atoms with Crippen LogP contribution in [0.4, 0.5) is 0 Å². The van der Waals surface area contributed by atoms with E-state index in [0.717, 1.165) is 36.8 Å². The molecule has 0 spiro atoms. The fourth-order valence-corrected chi connectivity index (χ4v) is 4.00. The summed E-state index contributed by atoms with van der Waals surface area (Å²) in [5, 5.41) is 2.70. The molecule has 0 aromatic heterocycles. The minimum absolute atomic E-state index is 0.134. The van der Waals surface area contributed by atoms with E-state index in [2.05, 4.69) is 5.32 Å². The molecule has 1 aliphatic carbocycles. The van der Waals surface area contributed by atoms with E-state index in [1.165, 1.54) is 6.92 Å². The van der Waals surface area contributed by atoms with Gasteiger partial charge in [-0.05, 0) is 37.3 Å². The van der Waals surface area contributed by atoms with Gasteiger partial charge in [-0.3, -0.25) is 14.4 Å². The number of ether oxygens (including phenoxy) is 1.